The van der Waals surface area contributed by atoms with Gasteiger partial charge in [0, 0.05) is 29.1 Å². The minimum Gasteiger partial charge on any atom is -0.435 e. The number of rotatable bonds is 5. The van der Waals surface area contributed by atoms with E-state index in [2.05, 4.69) is 10.1 Å². The highest BCUT2D eigenvalue weighted by atomic mass is 19.3. The van der Waals surface area contributed by atoms with E-state index in [4.69, 9.17) is 7.85 Å². The number of ether oxygens (including phenoxy) is 1. The summed E-state index contributed by atoms with van der Waals surface area (Å²) in [6.45, 7) is -0.597. The van der Waals surface area contributed by atoms with E-state index < -0.39 is 6.61 Å². The van der Waals surface area contributed by atoms with Gasteiger partial charge in [0.05, 0.1) is 6.54 Å². The molecule has 23 heavy (non-hydrogen) atoms. The van der Waals surface area contributed by atoms with Crippen molar-refractivity contribution in [1.82, 2.24) is 9.88 Å². The molecule has 2 aromatic rings. The van der Waals surface area contributed by atoms with Crippen LogP contribution in [0.1, 0.15) is 25.5 Å². The van der Waals surface area contributed by atoms with Crippen LogP contribution in [-0.4, -0.2) is 24.9 Å². The van der Waals surface area contributed by atoms with Crippen molar-refractivity contribution < 1.29 is 18.3 Å². The maximum atomic E-state index is 12.4. The SMILES string of the molecule is [B]c1cc2c(cc1OC(F)F)cc(CNC(=O)C1(C)CC1)n2C. The molecule has 1 heterocycles. The first-order valence-electron chi connectivity index (χ1n) is 7.41. The molecule has 1 aliphatic rings. The van der Waals surface area contributed by atoms with Crippen molar-refractivity contribution in [3.63, 3.8) is 0 Å². The van der Waals surface area contributed by atoms with Crippen LogP contribution in [0.5, 0.6) is 5.75 Å². The predicted octanol–water partition coefficient (Wildman–Crippen LogP) is 1.99. The van der Waals surface area contributed by atoms with Gasteiger partial charge in [0.1, 0.15) is 13.6 Å². The van der Waals surface area contributed by atoms with Crippen molar-refractivity contribution in [2.45, 2.75) is 32.9 Å². The van der Waals surface area contributed by atoms with Gasteiger partial charge in [0.15, 0.2) is 0 Å². The molecule has 1 saturated carbocycles. The molecule has 1 fully saturated rings. The number of nitrogens with zero attached hydrogens (tertiary/aromatic N) is 1. The van der Waals surface area contributed by atoms with Crippen LogP contribution in [0, 0.1) is 5.41 Å². The lowest BCUT2D eigenvalue weighted by molar-refractivity contribution is -0.125. The van der Waals surface area contributed by atoms with Gasteiger partial charge >= 0.3 is 6.61 Å². The summed E-state index contributed by atoms with van der Waals surface area (Å²) in [5.41, 5.74) is 1.59. The van der Waals surface area contributed by atoms with E-state index in [1.54, 1.807) is 6.07 Å². The summed E-state index contributed by atoms with van der Waals surface area (Å²) in [6, 6.07) is 4.92. The Morgan fingerprint density at radius 1 is 1.43 bits per heavy atom. The number of hydrogen-bond acceptors (Lipinski definition) is 2. The first-order chi connectivity index (χ1) is 10.8. The molecule has 0 unspecified atom stereocenters. The number of benzene rings is 1. The molecule has 0 spiro atoms. The normalized spacial score (nSPS) is 15.9. The number of aromatic nitrogens is 1. The largest absolute Gasteiger partial charge is 0.435 e. The molecule has 1 aromatic heterocycles. The number of carbonyl (C=O) groups is 1. The van der Waals surface area contributed by atoms with Crippen molar-refractivity contribution in [3.05, 3.63) is 23.9 Å². The Morgan fingerprint density at radius 3 is 2.74 bits per heavy atom. The van der Waals surface area contributed by atoms with E-state index in [1.807, 2.05) is 24.6 Å². The van der Waals surface area contributed by atoms with Crippen LogP contribution in [0.3, 0.4) is 0 Å². The lowest BCUT2D eigenvalue weighted by atomic mass is 9.94. The highest BCUT2D eigenvalue weighted by molar-refractivity contribution is 6.35. The van der Waals surface area contributed by atoms with Crippen molar-refractivity contribution in [1.29, 1.82) is 0 Å². The summed E-state index contributed by atoms with van der Waals surface area (Å²) in [5, 5.41) is 3.66. The van der Waals surface area contributed by atoms with Gasteiger partial charge in [-0.1, -0.05) is 12.4 Å². The molecule has 1 aliphatic carbocycles. The third kappa shape index (κ3) is 3.05. The van der Waals surface area contributed by atoms with Crippen LogP contribution < -0.4 is 15.5 Å². The molecule has 120 valence electrons. The minimum atomic E-state index is -2.92. The van der Waals surface area contributed by atoms with E-state index in [0.717, 1.165) is 29.4 Å². The van der Waals surface area contributed by atoms with Crippen LogP contribution in [0.15, 0.2) is 18.2 Å². The molecule has 0 bridgehead atoms. The van der Waals surface area contributed by atoms with Crippen molar-refractivity contribution in [2.24, 2.45) is 12.5 Å². The summed E-state index contributed by atoms with van der Waals surface area (Å²) >= 11 is 0. The molecule has 1 amide bonds. The van der Waals surface area contributed by atoms with E-state index in [1.165, 1.54) is 6.07 Å². The number of hydrogen-bond donors (Lipinski definition) is 1. The van der Waals surface area contributed by atoms with Gasteiger partial charge in [0.2, 0.25) is 5.91 Å². The molecule has 3 rings (SSSR count). The van der Waals surface area contributed by atoms with Crippen molar-refractivity contribution in [2.75, 3.05) is 0 Å². The van der Waals surface area contributed by atoms with Crippen molar-refractivity contribution >= 4 is 30.1 Å². The molecular formula is C16H17BF2N2O2. The molecule has 4 nitrogen and oxygen atoms in total. The maximum absolute atomic E-state index is 12.4. The van der Waals surface area contributed by atoms with Gasteiger partial charge in [-0.15, -0.1) is 0 Å². The van der Waals surface area contributed by atoms with Gasteiger partial charge in [0.25, 0.3) is 0 Å². The number of fused-ring (bicyclic) bond motifs is 1. The van der Waals surface area contributed by atoms with Gasteiger partial charge in [-0.05, 0) is 31.0 Å². The Balaban J connectivity index is 1.84. The van der Waals surface area contributed by atoms with Gasteiger partial charge in [-0.2, -0.15) is 8.78 Å². The second-order valence-corrected chi connectivity index (χ2v) is 6.27. The lowest BCUT2D eigenvalue weighted by Gasteiger charge is -2.11. The molecule has 7 heteroatoms. The Hall–Kier alpha value is -2.05. The topological polar surface area (TPSA) is 43.3 Å². The molecule has 0 saturated heterocycles. The number of alkyl halides is 2. The van der Waals surface area contributed by atoms with E-state index in [9.17, 15) is 13.6 Å². The molecule has 1 N–H and O–H groups in total. The molecule has 2 radical (unpaired) electrons. The zero-order valence-corrected chi connectivity index (χ0v) is 13.0. The first-order valence-corrected chi connectivity index (χ1v) is 7.41. The second-order valence-electron chi connectivity index (χ2n) is 6.27. The third-order valence-corrected chi connectivity index (χ3v) is 4.47. The van der Waals surface area contributed by atoms with E-state index >= 15 is 0 Å². The quantitative estimate of drug-likeness (QED) is 0.857. The van der Waals surface area contributed by atoms with E-state index in [-0.39, 0.29) is 22.5 Å². The Kier molecular flexibility index (Phi) is 3.82. The standard InChI is InChI=1S/C16H17BF2N2O2/c1-16(3-4-16)14(22)20-8-10-5-9-6-13(23-15(18)19)11(17)7-12(9)21(10)2/h5-7,15H,3-4,8H2,1-2H3,(H,20,22). The van der Waals surface area contributed by atoms with Crippen LogP contribution in [0.25, 0.3) is 10.9 Å². The molecule has 0 aliphatic heterocycles. The van der Waals surface area contributed by atoms with Crippen LogP contribution >= 0.6 is 0 Å². The summed E-state index contributed by atoms with van der Waals surface area (Å²) in [5.74, 6) is 0.00294. The molecule has 0 atom stereocenters. The maximum Gasteiger partial charge on any atom is 0.387 e. The number of aryl methyl sites for hydroxylation is 1. The Bertz CT molecular complexity index is 769. The van der Waals surface area contributed by atoms with Crippen LogP contribution in [-0.2, 0) is 18.4 Å². The monoisotopic (exact) mass is 318 g/mol. The average Bonchev–Trinajstić information content (AvgIpc) is 3.16. The average molecular weight is 318 g/mol. The fourth-order valence-corrected chi connectivity index (χ4v) is 2.60. The number of nitrogens with one attached hydrogen (secondary N) is 1. The number of halogens is 2. The Labute approximate surface area is 134 Å². The fourth-order valence-electron chi connectivity index (χ4n) is 2.60. The second kappa shape index (κ2) is 5.55. The third-order valence-electron chi connectivity index (χ3n) is 4.47. The minimum absolute atomic E-state index is 0.0424. The van der Waals surface area contributed by atoms with Gasteiger partial charge < -0.3 is 14.6 Å². The molecule has 1 aromatic carbocycles. The zero-order valence-electron chi connectivity index (χ0n) is 13.0. The fraction of sp³-hybridized carbons (Fsp3) is 0.438. The van der Waals surface area contributed by atoms with Crippen LogP contribution in [0.4, 0.5) is 8.78 Å². The number of amides is 1. The lowest BCUT2D eigenvalue weighted by Crippen LogP contribution is -2.30. The van der Waals surface area contributed by atoms with E-state index in [0.29, 0.717) is 6.54 Å². The van der Waals surface area contributed by atoms with Gasteiger partial charge in [-0.25, -0.2) is 0 Å². The summed E-state index contributed by atoms with van der Waals surface area (Å²) in [6.07, 6.45) is 1.83. The summed E-state index contributed by atoms with van der Waals surface area (Å²) in [4.78, 5) is 12.0. The summed E-state index contributed by atoms with van der Waals surface area (Å²) in [7, 11) is 7.60. The predicted molar refractivity (Wildman–Crippen MR) is 84.1 cm³/mol. The highest BCUT2D eigenvalue weighted by Crippen LogP contribution is 2.45. The van der Waals surface area contributed by atoms with Crippen LogP contribution in [0.2, 0.25) is 0 Å². The molecular weight excluding hydrogens is 301 g/mol. The zero-order chi connectivity index (χ0) is 16.8. The smallest absolute Gasteiger partial charge is 0.387 e. The van der Waals surface area contributed by atoms with Crippen molar-refractivity contribution in [3.8, 4) is 5.75 Å². The Morgan fingerprint density at radius 2 is 2.13 bits per heavy atom. The van der Waals surface area contributed by atoms with Gasteiger partial charge in [-0.3, -0.25) is 4.79 Å². The highest BCUT2D eigenvalue weighted by Gasteiger charge is 2.44. The first kappa shape index (κ1) is 15.8. The summed E-state index contributed by atoms with van der Waals surface area (Å²) < 4.78 is 31.1. The number of carbonyl (C=O) groups excluding carboxylic acids is 1.